The highest BCUT2D eigenvalue weighted by Crippen LogP contribution is 2.49. The summed E-state index contributed by atoms with van der Waals surface area (Å²) in [4.78, 5) is 4.80. The van der Waals surface area contributed by atoms with Gasteiger partial charge in [0.05, 0.1) is 22.7 Å². The van der Waals surface area contributed by atoms with Crippen molar-refractivity contribution < 1.29 is 4.42 Å². The molecule has 10 aromatic rings. The summed E-state index contributed by atoms with van der Waals surface area (Å²) < 4.78 is 7.04. The van der Waals surface area contributed by atoms with Crippen molar-refractivity contribution in [1.82, 2.24) is 0 Å². The minimum atomic E-state index is 0.849. The Morgan fingerprint density at radius 3 is 1.39 bits per heavy atom. The average Bonchev–Trinajstić information content (AvgIpc) is 3.66. The van der Waals surface area contributed by atoms with Crippen molar-refractivity contribution in [2.24, 2.45) is 0 Å². The first-order valence-electron chi connectivity index (χ1n) is 20.3. The largest absolute Gasteiger partial charge is 0.454 e. The fraction of sp³-hybridized carbons (Fsp3) is 0.0714. The maximum atomic E-state index is 7.04. The van der Waals surface area contributed by atoms with Crippen LogP contribution in [0.25, 0.3) is 55.0 Å². The molecule has 3 nitrogen and oxygen atoms in total. The highest BCUT2D eigenvalue weighted by molar-refractivity contribution is 6.23. The first-order valence-corrected chi connectivity index (χ1v) is 20.3. The lowest BCUT2D eigenvalue weighted by Gasteiger charge is -2.29. The molecule has 0 aliphatic carbocycles. The molecule has 0 radical (unpaired) electrons. The number of hydrogen-bond acceptors (Lipinski definition) is 3. The second-order valence-corrected chi connectivity index (χ2v) is 15.7. The van der Waals surface area contributed by atoms with E-state index in [0.717, 1.165) is 72.4 Å². The molecule has 1 aromatic heterocycles. The Bertz CT molecular complexity index is 3010. The molecule has 0 atom stereocenters. The fourth-order valence-corrected chi connectivity index (χ4v) is 8.73. The molecule has 0 spiro atoms. The lowest BCUT2D eigenvalue weighted by Crippen LogP contribution is -2.12. The molecule has 3 heteroatoms. The van der Waals surface area contributed by atoms with Gasteiger partial charge < -0.3 is 14.2 Å². The Labute approximate surface area is 346 Å². The molecule has 59 heavy (non-hydrogen) atoms. The van der Waals surface area contributed by atoms with Crippen molar-refractivity contribution in [2.45, 2.75) is 27.7 Å². The van der Waals surface area contributed by atoms with E-state index in [0.29, 0.717) is 0 Å². The summed E-state index contributed by atoms with van der Waals surface area (Å²) in [6, 6.07) is 70.1. The molecule has 284 valence electrons. The number of hydrogen-bond donors (Lipinski definition) is 0. The first kappa shape index (κ1) is 36.0. The smallest absolute Gasteiger partial charge is 0.159 e. The molecule has 0 amide bonds. The number of para-hydroxylation sites is 1. The summed E-state index contributed by atoms with van der Waals surface area (Å²) in [5.41, 5.74) is 17.7. The molecule has 1 heterocycles. The number of furan rings is 1. The standard InChI is InChI=1S/C56H44N2O/c1-37-15-11-21-43(33-37)57(51-30-27-39(3)35-48(51)41-17-7-5-8-18-41)50-25-13-23-46-45(50)29-32-54-55(46)47-24-14-26-53(56(47)59-54)58(44-22-12-16-38(2)34-44)52-31-28-40(4)36-49(52)42-19-9-6-10-20-42/h5-36H,1-4H3. The van der Waals surface area contributed by atoms with E-state index in [1.165, 1.54) is 38.9 Å². The number of fused-ring (bicyclic) bond motifs is 5. The monoisotopic (exact) mass is 760 g/mol. The molecule has 0 saturated heterocycles. The van der Waals surface area contributed by atoms with E-state index >= 15 is 0 Å². The van der Waals surface area contributed by atoms with Gasteiger partial charge in [-0.2, -0.15) is 0 Å². The van der Waals surface area contributed by atoms with Crippen molar-refractivity contribution >= 4 is 66.8 Å². The topological polar surface area (TPSA) is 19.6 Å². The van der Waals surface area contributed by atoms with E-state index in [-0.39, 0.29) is 0 Å². The predicted molar refractivity (Wildman–Crippen MR) is 250 cm³/mol. The van der Waals surface area contributed by atoms with Crippen LogP contribution in [0.2, 0.25) is 0 Å². The molecule has 0 unspecified atom stereocenters. The van der Waals surface area contributed by atoms with Gasteiger partial charge in [-0.05, 0) is 128 Å². The van der Waals surface area contributed by atoms with Crippen LogP contribution in [0, 0.1) is 27.7 Å². The number of benzene rings is 9. The SMILES string of the molecule is Cc1cccc(N(c2ccc(C)cc2-c2ccccc2)c2cccc3c2ccc2oc4c(N(c5cccc(C)c5)c5ccc(C)cc5-c5ccccc5)cccc4c23)c1. The van der Waals surface area contributed by atoms with Crippen LogP contribution in [-0.2, 0) is 0 Å². The van der Waals surface area contributed by atoms with Gasteiger partial charge in [-0.25, -0.2) is 0 Å². The highest BCUT2D eigenvalue weighted by atomic mass is 16.3. The predicted octanol–water partition coefficient (Wildman–Crippen LogP) is 16.2. The number of rotatable bonds is 8. The summed E-state index contributed by atoms with van der Waals surface area (Å²) >= 11 is 0. The molecular formula is C56H44N2O. The van der Waals surface area contributed by atoms with Crippen LogP contribution in [0.1, 0.15) is 22.3 Å². The Hall–Kier alpha value is -7.36. The molecular weight excluding hydrogens is 717 g/mol. The van der Waals surface area contributed by atoms with Gasteiger partial charge in [0, 0.05) is 38.7 Å². The lowest BCUT2D eigenvalue weighted by atomic mass is 9.97. The second kappa shape index (κ2) is 14.9. The Morgan fingerprint density at radius 2 is 0.831 bits per heavy atom. The van der Waals surface area contributed by atoms with Crippen LogP contribution in [0.4, 0.5) is 34.1 Å². The maximum absolute atomic E-state index is 7.04. The maximum Gasteiger partial charge on any atom is 0.159 e. The first-order chi connectivity index (χ1) is 28.9. The molecule has 10 rings (SSSR count). The number of nitrogens with zero attached hydrogens (tertiary/aromatic N) is 2. The molecule has 0 aliphatic heterocycles. The van der Waals surface area contributed by atoms with Crippen LogP contribution >= 0.6 is 0 Å². The van der Waals surface area contributed by atoms with E-state index in [4.69, 9.17) is 4.42 Å². The van der Waals surface area contributed by atoms with Crippen molar-refractivity contribution in [1.29, 1.82) is 0 Å². The van der Waals surface area contributed by atoms with Gasteiger partial charge in [0.1, 0.15) is 5.58 Å². The minimum absolute atomic E-state index is 0.849. The van der Waals surface area contributed by atoms with E-state index in [2.05, 4.69) is 232 Å². The fourth-order valence-electron chi connectivity index (χ4n) is 8.73. The van der Waals surface area contributed by atoms with Gasteiger partial charge in [0.15, 0.2) is 5.58 Å². The van der Waals surface area contributed by atoms with Crippen LogP contribution < -0.4 is 9.80 Å². The Morgan fingerprint density at radius 1 is 0.339 bits per heavy atom. The average molecular weight is 761 g/mol. The van der Waals surface area contributed by atoms with Gasteiger partial charge in [-0.3, -0.25) is 0 Å². The van der Waals surface area contributed by atoms with Gasteiger partial charge in [0.25, 0.3) is 0 Å². The zero-order chi connectivity index (χ0) is 40.0. The molecule has 0 bridgehead atoms. The Balaban J connectivity index is 1.22. The summed E-state index contributed by atoms with van der Waals surface area (Å²) in [6.07, 6.45) is 0. The van der Waals surface area contributed by atoms with Gasteiger partial charge in [-0.1, -0.05) is 132 Å². The van der Waals surface area contributed by atoms with E-state index in [1.54, 1.807) is 0 Å². The summed E-state index contributed by atoms with van der Waals surface area (Å²) in [5, 5.41) is 4.47. The summed E-state index contributed by atoms with van der Waals surface area (Å²) in [6.45, 7) is 8.64. The summed E-state index contributed by atoms with van der Waals surface area (Å²) in [7, 11) is 0. The van der Waals surface area contributed by atoms with Gasteiger partial charge >= 0.3 is 0 Å². The molecule has 0 fully saturated rings. The molecule has 0 aliphatic rings. The molecule has 0 N–H and O–H groups in total. The van der Waals surface area contributed by atoms with E-state index < -0.39 is 0 Å². The van der Waals surface area contributed by atoms with Crippen LogP contribution in [0.3, 0.4) is 0 Å². The quantitative estimate of drug-likeness (QED) is 0.154. The lowest BCUT2D eigenvalue weighted by molar-refractivity contribution is 0.669. The van der Waals surface area contributed by atoms with Gasteiger partial charge in [-0.15, -0.1) is 0 Å². The van der Waals surface area contributed by atoms with Crippen molar-refractivity contribution in [2.75, 3.05) is 9.80 Å². The zero-order valence-electron chi connectivity index (χ0n) is 33.8. The third kappa shape index (κ3) is 6.51. The molecule has 9 aromatic carbocycles. The minimum Gasteiger partial charge on any atom is -0.454 e. The number of anilines is 6. The Kier molecular flexibility index (Phi) is 9.07. The van der Waals surface area contributed by atoms with Crippen LogP contribution in [-0.4, -0.2) is 0 Å². The third-order valence-electron chi connectivity index (χ3n) is 11.4. The van der Waals surface area contributed by atoms with Crippen molar-refractivity contribution in [3.8, 4) is 22.3 Å². The second-order valence-electron chi connectivity index (χ2n) is 15.7. The molecule has 0 saturated carbocycles. The van der Waals surface area contributed by atoms with E-state index in [1.807, 2.05) is 0 Å². The zero-order valence-corrected chi connectivity index (χ0v) is 33.8. The van der Waals surface area contributed by atoms with Crippen LogP contribution in [0.15, 0.2) is 199 Å². The highest BCUT2D eigenvalue weighted by Gasteiger charge is 2.25. The van der Waals surface area contributed by atoms with Crippen LogP contribution in [0.5, 0.6) is 0 Å². The number of aryl methyl sites for hydroxylation is 4. The van der Waals surface area contributed by atoms with Crippen molar-refractivity contribution in [3.63, 3.8) is 0 Å². The third-order valence-corrected chi connectivity index (χ3v) is 11.4. The van der Waals surface area contributed by atoms with E-state index in [9.17, 15) is 0 Å². The normalized spacial score (nSPS) is 11.4. The van der Waals surface area contributed by atoms with Gasteiger partial charge in [0.2, 0.25) is 0 Å². The summed E-state index contributed by atoms with van der Waals surface area (Å²) in [5.74, 6) is 0. The van der Waals surface area contributed by atoms with Crippen molar-refractivity contribution in [3.05, 3.63) is 216 Å².